The highest BCUT2D eigenvalue weighted by Crippen LogP contribution is 2.09. The minimum absolute atomic E-state index is 0.176. The first-order valence-electron chi connectivity index (χ1n) is 5.78. The molecule has 0 spiro atoms. The Morgan fingerprint density at radius 1 is 1.44 bits per heavy atom. The van der Waals surface area contributed by atoms with Gasteiger partial charge in [-0.05, 0) is 18.9 Å². The van der Waals surface area contributed by atoms with E-state index in [-0.39, 0.29) is 11.9 Å². The lowest BCUT2D eigenvalue weighted by Gasteiger charge is -2.13. The molecule has 0 N–H and O–H groups in total. The van der Waals surface area contributed by atoms with Crippen molar-refractivity contribution in [1.29, 1.82) is 0 Å². The molecule has 0 amide bonds. The zero-order chi connectivity index (χ0) is 12.0. The molecule has 1 rings (SSSR count). The fraction of sp³-hybridized carbons (Fsp3) is 0.500. The first-order chi connectivity index (χ1) is 7.67. The van der Waals surface area contributed by atoms with E-state index in [1.165, 1.54) is 5.56 Å². The number of aryl methyl sites for hydroxylation is 1. The molecule has 16 heavy (non-hydrogen) atoms. The smallest absolute Gasteiger partial charge is 0.165 e. The zero-order valence-electron chi connectivity index (χ0n) is 10.3. The standard InChI is InChI=1S/C14H20O2/c1-4-6-14(16-3)13(15)10-12-8-5-7-11(2)9-12/h5,7-9,14H,4,6,10H2,1-3H3. The third-order valence-corrected chi connectivity index (χ3v) is 2.66. The molecule has 2 heteroatoms. The number of carbonyl (C=O) groups is 1. The summed E-state index contributed by atoms with van der Waals surface area (Å²) in [5.74, 6) is 0.176. The van der Waals surface area contributed by atoms with Gasteiger partial charge in [-0.3, -0.25) is 4.79 Å². The number of benzene rings is 1. The molecular formula is C14H20O2. The van der Waals surface area contributed by atoms with Gasteiger partial charge in [-0.25, -0.2) is 0 Å². The molecule has 1 atom stereocenters. The van der Waals surface area contributed by atoms with Crippen LogP contribution in [-0.4, -0.2) is 19.0 Å². The molecule has 0 aliphatic rings. The molecule has 2 nitrogen and oxygen atoms in total. The number of hydrogen-bond acceptors (Lipinski definition) is 2. The number of methoxy groups -OCH3 is 1. The molecule has 88 valence electrons. The van der Waals surface area contributed by atoms with Crippen LogP contribution in [0.5, 0.6) is 0 Å². The van der Waals surface area contributed by atoms with Gasteiger partial charge < -0.3 is 4.74 Å². The summed E-state index contributed by atoms with van der Waals surface area (Å²) in [5.41, 5.74) is 2.26. The highest BCUT2D eigenvalue weighted by Gasteiger charge is 2.16. The predicted octanol–water partition coefficient (Wildman–Crippen LogP) is 2.92. The molecule has 0 aliphatic heterocycles. The normalized spacial score (nSPS) is 12.4. The largest absolute Gasteiger partial charge is 0.374 e. The van der Waals surface area contributed by atoms with Crippen LogP contribution in [0.25, 0.3) is 0 Å². The summed E-state index contributed by atoms with van der Waals surface area (Å²) in [6.07, 6.45) is 2.00. The second-order valence-corrected chi connectivity index (χ2v) is 4.15. The minimum Gasteiger partial charge on any atom is -0.374 e. The summed E-state index contributed by atoms with van der Waals surface area (Å²) in [7, 11) is 1.61. The van der Waals surface area contributed by atoms with Crippen LogP contribution in [-0.2, 0) is 16.0 Å². The van der Waals surface area contributed by atoms with E-state index in [9.17, 15) is 4.79 Å². The van der Waals surface area contributed by atoms with Crippen LogP contribution in [0.1, 0.15) is 30.9 Å². The van der Waals surface area contributed by atoms with E-state index in [2.05, 4.69) is 13.0 Å². The molecule has 0 bridgehead atoms. The van der Waals surface area contributed by atoms with E-state index in [4.69, 9.17) is 4.74 Å². The molecule has 0 aliphatic carbocycles. The molecule has 1 unspecified atom stereocenters. The van der Waals surface area contributed by atoms with E-state index >= 15 is 0 Å². The van der Waals surface area contributed by atoms with Crippen LogP contribution in [0.2, 0.25) is 0 Å². The average Bonchev–Trinajstić information content (AvgIpc) is 2.25. The van der Waals surface area contributed by atoms with Gasteiger partial charge in [-0.1, -0.05) is 43.2 Å². The maximum atomic E-state index is 11.9. The lowest BCUT2D eigenvalue weighted by Crippen LogP contribution is -2.24. The van der Waals surface area contributed by atoms with Crippen molar-refractivity contribution in [3.05, 3.63) is 35.4 Å². The number of ketones is 1. The van der Waals surface area contributed by atoms with Crippen molar-refractivity contribution in [2.24, 2.45) is 0 Å². The Morgan fingerprint density at radius 2 is 2.19 bits per heavy atom. The number of ether oxygens (including phenoxy) is 1. The van der Waals surface area contributed by atoms with Crippen molar-refractivity contribution >= 4 is 5.78 Å². The van der Waals surface area contributed by atoms with Gasteiger partial charge in [0.15, 0.2) is 5.78 Å². The molecule has 0 heterocycles. The third kappa shape index (κ3) is 3.78. The Kier molecular flexibility index (Phi) is 5.20. The molecule has 0 aromatic heterocycles. The lowest BCUT2D eigenvalue weighted by atomic mass is 10.0. The first kappa shape index (κ1) is 12.9. The van der Waals surface area contributed by atoms with Gasteiger partial charge in [0.2, 0.25) is 0 Å². The van der Waals surface area contributed by atoms with Gasteiger partial charge in [-0.2, -0.15) is 0 Å². The number of Topliss-reactive ketones (excluding diaryl/α,β-unsaturated/α-hetero) is 1. The van der Waals surface area contributed by atoms with Crippen LogP contribution < -0.4 is 0 Å². The summed E-state index contributed by atoms with van der Waals surface area (Å²) >= 11 is 0. The molecular weight excluding hydrogens is 200 g/mol. The lowest BCUT2D eigenvalue weighted by molar-refractivity contribution is -0.128. The van der Waals surface area contributed by atoms with Crippen LogP contribution in [0.3, 0.4) is 0 Å². The molecule has 0 radical (unpaired) electrons. The average molecular weight is 220 g/mol. The molecule has 0 fully saturated rings. The summed E-state index contributed by atoms with van der Waals surface area (Å²) in [5, 5.41) is 0. The Morgan fingerprint density at radius 3 is 2.75 bits per heavy atom. The van der Waals surface area contributed by atoms with Gasteiger partial charge in [0.25, 0.3) is 0 Å². The Bertz CT molecular complexity index is 344. The van der Waals surface area contributed by atoms with Crippen LogP contribution >= 0.6 is 0 Å². The molecule has 0 saturated heterocycles. The second-order valence-electron chi connectivity index (χ2n) is 4.15. The number of hydrogen-bond donors (Lipinski definition) is 0. The van der Waals surface area contributed by atoms with E-state index < -0.39 is 0 Å². The van der Waals surface area contributed by atoms with Gasteiger partial charge in [0.1, 0.15) is 6.10 Å². The summed E-state index contributed by atoms with van der Waals surface area (Å²) in [6.45, 7) is 4.10. The number of rotatable bonds is 6. The summed E-state index contributed by atoms with van der Waals surface area (Å²) in [4.78, 5) is 11.9. The van der Waals surface area contributed by atoms with Gasteiger partial charge >= 0.3 is 0 Å². The molecule has 1 aromatic carbocycles. The summed E-state index contributed by atoms with van der Waals surface area (Å²) in [6, 6.07) is 8.06. The van der Waals surface area contributed by atoms with Crippen LogP contribution in [0.15, 0.2) is 24.3 Å². The molecule has 1 aromatic rings. The van der Waals surface area contributed by atoms with Crippen molar-refractivity contribution in [2.75, 3.05) is 7.11 Å². The van der Waals surface area contributed by atoms with E-state index in [0.29, 0.717) is 6.42 Å². The predicted molar refractivity (Wildman–Crippen MR) is 65.6 cm³/mol. The van der Waals surface area contributed by atoms with Crippen molar-refractivity contribution in [2.45, 2.75) is 39.2 Å². The molecule has 0 saturated carbocycles. The Balaban J connectivity index is 2.62. The van der Waals surface area contributed by atoms with E-state index in [1.807, 2.05) is 25.1 Å². The fourth-order valence-electron chi connectivity index (χ4n) is 1.81. The van der Waals surface area contributed by atoms with Crippen molar-refractivity contribution in [3.8, 4) is 0 Å². The Labute approximate surface area is 97.6 Å². The maximum Gasteiger partial charge on any atom is 0.165 e. The highest BCUT2D eigenvalue weighted by molar-refractivity contribution is 5.85. The first-order valence-corrected chi connectivity index (χ1v) is 5.78. The van der Waals surface area contributed by atoms with Gasteiger partial charge in [-0.15, -0.1) is 0 Å². The topological polar surface area (TPSA) is 26.3 Å². The highest BCUT2D eigenvalue weighted by atomic mass is 16.5. The van der Waals surface area contributed by atoms with Crippen molar-refractivity contribution in [1.82, 2.24) is 0 Å². The van der Waals surface area contributed by atoms with Crippen molar-refractivity contribution in [3.63, 3.8) is 0 Å². The van der Waals surface area contributed by atoms with Crippen LogP contribution in [0.4, 0.5) is 0 Å². The SMILES string of the molecule is CCCC(OC)C(=O)Cc1cccc(C)c1. The zero-order valence-corrected chi connectivity index (χ0v) is 10.3. The third-order valence-electron chi connectivity index (χ3n) is 2.66. The minimum atomic E-state index is -0.245. The van der Waals surface area contributed by atoms with Crippen molar-refractivity contribution < 1.29 is 9.53 Å². The maximum absolute atomic E-state index is 11.9. The van der Waals surface area contributed by atoms with E-state index in [0.717, 1.165) is 18.4 Å². The Hall–Kier alpha value is -1.15. The number of carbonyl (C=O) groups excluding carboxylic acids is 1. The quantitative estimate of drug-likeness (QED) is 0.736. The van der Waals surface area contributed by atoms with Crippen LogP contribution in [0, 0.1) is 6.92 Å². The summed E-state index contributed by atoms with van der Waals surface area (Å²) < 4.78 is 5.21. The van der Waals surface area contributed by atoms with E-state index in [1.54, 1.807) is 7.11 Å². The monoisotopic (exact) mass is 220 g/mol. The second kappa shape index (κ2) is 6.44. The van der Waals surface area contributed by atoms with Gasteiger partial charge in [0.05, 0.1) is 0 Å². The van der Waals surface area contributed by atoms with Gasteiger partial charge in [0, 0.05) is 13.5 Å². The fourth-order valence-corrected chi connectivity index (χ4v) is 1.81.